The Hall–Kier alpha value is -4.63. The van der Waals surface area contributed by atoms with E-state index in [1.807, 2.05) is 60.1 Å². The molecule has 0 bridgehead atoms. The third-order valence-electron chi connectivity index (χ3n) is 8.07. The first-order chi connectivity index (χ1) is 23.6. The summed E-state index contributed by atoms with van der Waals surface area (Å²) in [7, 11) is 1.86. The fourth-order valence-electron chi connectivity index (χ4n) is 5.44. The Balaban J connectivity index is 1.20. The quantitative estimate of drug-likeness (QED) is 0.0707. The summed E-state index contributed by atoms with van der Waals surface area (Å²) in [6, 6.07) is 21.8. The number of nitrogens with zero attached hydrogens (tertiary/aromatic N) is 3. The second-order valence-electron chi connectivity index (χ2n) is 11.3. The Morgan fingerprint density at radius 1 is 0.898 bits per heavy atom. The number of aryl methyl sites for hydroxylation is 1. The maximum Gasteiger partial charge on any atom is 0.257 e. The van der Waals surface area contributed by atoms with Gasteiger partial charge in [-0.1, -0.05) is 84.6 Å². The first-order valence-electron chi connectivity index (χ1n) is 15.1. The molecule has 6 rings (SSSR count). The van der Waals surface area contributed by atoms with Crippen LogP contribution in [0.5, 0.6) is 0 Å². The van der Waals surface area contributed by atoms with Crippen LogP contribution in [0.25, 0.3) is 11.1 Å². The maximum absolute atomic E-state index is 14.2. The van der Waals surface area contributed by atoms with Crippen LogP contribution in [0.3, 0.4) is 0 Å². The monoisotopic (exact) mass is 696 g/mol. The molecule has 0 unspecified atom stereocenters. The predicted octanol–water partition coefficient (Wildman–Crippen LogP) is 6.94. The number of aromatic nitrogens is 3. The third kappa shape index (κ3) is 7.37. The molecule has 3 atom stereocenters. The summed E-state index contributed by atoms with van der Waals surface area (Å²) in [5, 5.41) is 20.6. The highest BCUT2D eigenvalue weighted by Crippen LogP contribution is 2.40. The minimum atomic E-state index is -2.34. The number of amides is 1. The van der Waals surface area contributed by atoms with Crippen LogP contribution in [0.1, 0.15) is 51.4 Å². The standard InChI is InChI=1S/C35H29F5N4O4S/c1-44-18-42-43-35(44)49-17-24-14-26(21-8-6-19(16-45)7-9-21)48-34(47-24)22-12-10-20(11-13-22)25-5-3-2-4-23(25)15-41-33(46)27-28(36)30(38)32(40)31(39)29(27)37/h2-13,18,24,26,34,45H,14-17H2,1H3,(H,41,46)/t24-,26+,34+/m0/s1. The van der Waals surface area contributed by atoms with Gasteiger partial charge >= 0.3 is 0 Å². The van der Waals surface area contributed by atoms with Crippen LogP contribution in [0.4, 0.5) is 22.0 Å². The van der Waals surface area contributed by atoms with Crippen molar-refractivity contribution in [2.75, 3.05) is 5.75 Å². The molecule has 1 aromatic heterocycles. The van der Waals surface area contributed by atoms with Crippen molar-refractivity contribution in [3.63, 3.8) is 0 Å². The van der Waals surface area contributed by atoms with E-state index >= 15 is 0 Å². The summed E-state index contributed by atoms with van der Waals surface area (Å²) >= 11 is 1.52. The van der Waals surface area contributed by atoms with Gasteiger partial charge in [-0.05, 0) is 27.8 Å². The number of hydrogen-bond donors (Lipinski definition) is 2. The molecule has 5 aromatic rings. The van der Waals surface area contributed by atoms with Gasteiger partial charge in [0.15, 0.2) is 34.7 Å². The van der Waals surface area contributed by atoms with Gasteiger partial charge in [-0.15, -0.1) is 10.2 Å². The van der Waals surface area contributed by atoms with E-state index in [0.717, 1.165) is 27.4 Å². The SMILES string of the molecule is Cn1cnnc1SC[C@@H]1C[C@H](c2ccc(CO)cc2)O[C@H](c2ccc(-c3ccccc3CNC(=O)c3c(F)c(F)c(F)c(F)c3F)cc2)O1. The van der Waals surface area contributed by atoms with Crippen LogP contribution in [-0.2, 0) is 29.7 Å². The molecule has 0 radical (unpaired) electrons. The van der Waals surface area contributed by atoms with E-state index in [-0.39, 0.29) is 25.4 Å². The van der Waals surface area contributed by atoms with Gasteiger partial charge in [0.2, 0.25) is 5.82 Å². The Morgan fingerprint density at radius 2 is 1.55 bits per heavy atom. The summed E-state index contributed by atoms with van der Waals surface area (Å²) in [5.41, 5.74) is 2.84. The van der Waals surface area contributed by atoms with Gasteiger partial charge < -0.3 is 24.5 Å². The molecule has 2 heterocycles. The number of thioether (sulfide) groups is 1. The normalized spacial score (nSPS) is 17.7. The number of hydrogen-bond acceptors (Lipinski definition) is 7. The number of nitrogens with one attached hydrogen (secondary N) is 1. The van der Waals surface area contributed by atoms with E-state index in [0.29, 0.717) is 23.3 Å². The van der Waals surface area contributed by atoms with Gasteiger partial charge in [0.25, 0.3) is 5.91 Å². The second kappa shape index (κ2) is 14.9. The van der Waals surface area contributed by atoms with Gasteiger partial charge in [0.1, 0.15) is 11.9 Å². The summed E-state index contributed by atoms with van der Waals surface area (Å²) in [6.45, 7) is -0.325. The van der Waals surface area contributed by atoms with Gasteiger partial charge in [0, 0.05) is 31.3 Å². The number of aliphatic hydroxyl groups is 1. The average Bonchev–Trinajstić information content (AvgIpc) is 3.55. The minimum absolute atomic E-state index is 0.0678. The van der Waals surface area contributed by atoms with Crippen molar-refractivity contribution in [3.05, 3.63) is 136 Å². The molecule has 4 aromatic carbocycles. The van der Waals surface area contributed by atoms with Crippen molar-refractivity contribution in [1.29, 1.82) is 0 Å². The van der Waals surface area contributed by atoms with E-state index in [2.05, 4.69) is 15.5 Å². The van der Waals surface area contributed by atoms with Crippen molar-refractivity contribution in [3.8, 4) is 11.1 Å². The lowest BCUT2D eigenvalue weighted by Crippen LogP contribution is -2.31. The average molecular weight is 697 g/mol. The fraction of sp³-hybridized carbons (Fsp3) is 0.229. The van der Waals surface area contributed by atoms with E-state index in [1.165, 1.54) is 11.8 Å². The summed E-state index contributed by atoms with van der Waals surface area (Å²) in [5.74, 6) is -12.0. The summed E-state index contributed by atoms with van der Waals surface area (Å²) in [4.78, 5) is 12.6. The van der Waals surface area contributed by atoms with Gasteiger partial charge in [-0.2, -0.15) is 0 Å². The predicted molar refractivity (Wildman–Crippen MR) is 169 cm³/mol. The molecule has 49 heavy (non-hydrogen) atoms. The molecule has 254 valence electrons. The van der Waals surface area contributed by atoms with Gasteiger partial charge in [0.05, 0.1) is 18.8 Å². The van der Waals surface area contributed by atoms with Crippen molar-refractivity contribution in [2.24, 2.45) is 7.05 Å². The molecular formula is C35H29F5N4O4S. The molecule has 1 aliphatic heterocycles. The zero-order valence-corrected chi connectivity index (χ0v) is 26.7. The Morgan fingerprint density at radius 3 is 2.20 bits per heavy atom. The van der Waals surface area contributed by atoms with E-state index in [4.69, 9.17) is 9.47 Å². The van der Waals surface area contributed by atoms with Crippen LogP contribution in [0, 0.1) is 29.1 Å². The topological polar surface area (TPSA) is 98.5 Å². The first-order valence-corrected chi connectivity index (χ1v) is 16.1. The molecule has 0 spiro atoms. The highest BCUT2D eigenvalue weighted by molar-refractivity contribution is 7.99. The lowest BCUT2D eigenvalue weighted by Gasteiger charge is -2.36. The van der Waals surface area contributed by atoms with Crippen molar-refractivity contribution >= 4 is 17.7 Å². The third-order valence-corrected chi connectivity index (χ3v) is 9.24. The number of carbonyl (C=O) groups excluding carboxylic acids is 1. The van der Waals surface area contributed by atoms with Crippen LogP contribution >= 0.6 is 11.8 Å². The van der Waals surface area contributed by atoms with Crippen LogP contribution in [0.15, 0.2) is 84.3 Å². The molecule has 1 fully saturated rings. The highest BCUT2D eigenvalue weighted by atomic mass is 32.2. The number of ether oxygens (including phenoxy) is 2. The molecule has 2 N–H and O–H groups in total. The molecule has 0 aliphatic carbocycles. The maximum atomic E-state index is 14.2. The number of carbonyl (C=O) groups is 1. The lowest BCUT2D eigenvalue weighted by molar-refractivity contribution is -0.245. The van der Waals surface area contributed by atoms with Crippen LogP contribution < -0.4 is 5.32 Å². The molecule has 14 heteroatoms. The zero-order valence-electron chi connectivity index (χ0n) is 25.9. The van der Waals surface area contributed by atoms with Crippen LogP contribution in [-0.4, -0.2) is 37.6 Å². The van der Waals surface area contributed by atoms with E-state index in [1.54, 1.807) is 30.6 Å². The number of benzene rings is 4. The number of aliphatic hydroxyl groups excluding tert-OH is 1. The summed E-state index contributed by atoms with van der Waals surface area (Å²) in [6.07, 6.45) is 0.999. The van der Waals surface area contributed by atoms with Gasteiger partial charge in [-0.25, -0.2) is 22.0 Å². The molecule has 1 aliphatic rings. The molecule has 0 saturated carbocycles. The Labute approximate surface area is 281 Å². The molecule has 1 amide bonds. The van der Waals surface area contributed by atoms with E-state index in [9.17, 15) is 31.9 Å². The molecule has 8 nitrogen and oxygen atoms in total. The number of rotatable bonds is 10. The van der Waals surface area contributed by atoms with Gasteiger partial charge in [-0.3, -0.25) is 4.79 Å². The second-order valence-corrected chi connectivity index (χ2v) is 12.3. The molecule has 1 saturated heterocycles. The first kappa shape index (κ1) is 34.2. The smallest absolute Gasteiger partial charge is 0.257 e. The Bertz CT molecular complexity index is 1930. The van der Waals surface area contributed by atoms with Crippen molar-refractivity contribution in [1.82, 2.24) is 20.1 Å². The van der Waals surface area contributed by atoms with E-state index < -0.39 is 46.8 Å². The largest absolute Gasteiger partial charge is 0.392 e. The van der Waals surface area contributed by atoms with Crippen molar-refractivity contribution < 1.29 is 41.3 Å². The molecular weight excluding hydrogens is 667 g/mol. The number of halogens is 5. The fourth-order valence-corrected chi connectivity index (χ4v) is 6.34. The Kier molecular flexibility index (Phi) is 10.4. The zero-order chi connectivity index (χ0) is 34.7. The summed E-state index contributed by atoms with van der Waals surface area (Å²) < 4.78 is 83.8. The minimum Gasteiger partial charge on any atom is -0.392 e. The lowest BCUT2D eigenvalue weighted by atomic mass is 9.97. The van der Waals surface area contributed by atoms with Crippen LogP contribution in [0.2, 0.25) is 0 Å². The highest BCUT2D eigenvalue weighted by Gasteiger charge is 2.33. The van der Waals surface area contributed by atoms with Crippen molar-refractivity contribution in [2.45, 2.75) is 43.2 Å².